The zero-order chi connectivity index (χ0) is 14.5. The predicted octanol–water partition coefficient (Wildman–Crippen LogP) is 3.78. The van der Waals surface area contributed by atoms with Crippen LogP contribution in [0.2, 0.25) is 0 Å². The highest BCUT2D eigenvalue weighted by atomic mass is 19.4. The van der Waals surface area contributed by atoms with Gasteiger partial charge in [-0.05, 0) is 32.4 Å². The molecule has 0 bridgehead atoms. The van der Waals surface area contributed by atoms with Gasteiger partial charge in [-0.1, -0.05) is 0 Å². The number of nitrogen functional groups attached to an aromatic ring is 1. The number of rotatable bonds is 6. The highest BCUT2D eigenvalue weighted by Crippen LogP contribution is 2.28. The van der Waals surface area contributed by atoms with Crippen molar-refractivity contribution >= 4 is 5.69 Å². The summed E-state index contributed by atoms with van der Waals surface area (Å²) in [5, 5.41) is 0. The lowest BCUT2D eigenvalue weighted by Crippen LogP contribution is -2.10. The molecule has 108 valence electrons. The fourth-order valence-corrected chi connectivity index (χ4v) is 1.42. The Labute approximate surface area is 110 Å². The molecule has 0 heterocycles. The molecule has 0 amide bonds. The molecule has 0 saturated carbocycles. The first-order valence-electron chi connectivity index (χ1n) is 6.03. The maximum atomic E-state index is 11.9. The molecule has 1 aromatic carbocycles. The first-order valence-corrected chi connectivity index (χ1v) is 6.03. The Balaban J connectivity index is 2.50. The van der Waals surface area contributed by atoms with E-state index in [1.54, 1.807) is 18.2 Å². The Morgan fingerprint density at radius 3 is 2.53 bits per heavy atom. The third-order valence-corrected chi connectivity index (χ3v) is 2.22. The zero-order valence-corrected chi connectivity index (χ0v) is 11.0. The predicted molar refractivity (Wildman–Crippen MR) is 67.4 cm³/mol. The second-order valence-electron chi connectivity index (χ2n) is 4.43. The van der Waals surface area contributed by atoms with E-state index in [1.807, 2.05) is 13.8 Å². The van der Waals surface area contributed by atoms with E-state index < -0.39 is 12.6 Å². The van der Waals surface area contributed by atoms with Gasteiger partial charge in [0.1, 0.15) is 11.5 Å². The van der Waals surface area contributed by atoms with Gasteiger partial charge in [0.25, 0.3) is 0 Å². The molecular formula is C13H18F3NO2. The van der Waals surface area contributed by atoms with Crippen LogP contribution in [0.3, 0.4) is 0 Å². The van der Waals surface area contributed by atoms with Crippen LogP contribution in [-0.2, 0) is 0 Å². The molecule has 0 aliphatic heterocycles. The maximum Gasteiger partial charge on any atom is 0.389 e. The van der Waals surface area contributed by atoms with Crippen molar-refractivity contribution in [2.75, 3.05) is 12.3 Å². The minimum atomic E-state index is -4.14. The minimum Gasteiger partial charge on any atom is -0.493 e. The molecule has 0 saturated heterocycles. The first-order chi connectivity index (χ1) is 8.78. The van der Waals surface area contributed by atoms with E-state index in [1.165, 1.54) is 0 Å². The minimum absolute atomic E-state index is 0.00451. The van der Waals surface area contributed by atoms with E-state index in [9.17, 15) is 13.2 Å². The summed E-state index contributed by atoms with van der Waals surface area (Å²) in [5.74, 6) is 0.926. The van der Waals surface area contributed by atoms with E-state index in [0.29, 0.717) is 17.2 Å². The molecule has 19 heavy (non-hydrogen) atoms. The fourth-order valence-electron chi connectivity index (χ4n) is 1.42. The Kier molecular flexibility index (Phi) is 5.32. The number of benzene rings is 1. The molecular weight excluding hydrogens is 259 g/mol. The average Bonchev–Trinajstić information content (AvgIpc) is 2.26. The standard InChI is InChI=1S/C13H18F3NO2/c1-9(2)19-12-8-10(4-5-11(12)17)18-7-3-6-13(14,15)16/h4-5,8-9H,3,6-7,17H2,1-2H3. The van der Waals surface area contributed by atoms with Crippen molar-refractivity contribution < 1.29 is 22.6 Å². The smallest absolute Gasteiger partial charge is 0.389 e. The van der Waals surface area contributed by atoms with Gasteiger partial charge in [0.15, 0.2) is 0 Å². The molecule has 0 aliphatic carbocycles. The van der Waals surface area contributed by atoms with Crippen molar-refractivity contribution in [1.82, 2.24) is 0 Å². The summed E-state index contributed by atoms with van der Waals surface area (Å²) in [6.07, 6.45) is -5.11. The summed E-state index contributed by atoms with van der Waals surface area (Å²) in [7, 11) is 0. The fraction of sp³-hybridized carbons (Fsp3) is 0.538. The summed E-state index contributed by atoms with van der Waals surface area (Å²) in [5.41, 5.74) is 6.19. The number of anilines is 1. The van der Waals surface area contributed by atoms with Crippen molar-refractivity contribution in [3.63, 3.8) is 0 Å². The normalized spacial score (nSPS) is 11.7. The van der Waals surface area contributed by atoms with Gasteiger partial charge in [-0.25, -0.2) is 0 Å². The van der Waals surface area contributed by atoms with Crippen molar-refractivity contribution in [3.8, 4) is 11.5 Å². The van der Waals surface area contributed by atoms with E-state index in [2.05, 4.69) is 0 Å². The van der Waals surface area contributed by atoms with Gasteiger partial charge in [-0.15, -0.1) is 0 Å². The van der Waals surface area contributed by atoms with Gasteiger partial charge in [-0.3, -0.25) is 0 Å². The molecule has 1 rings (SSSR count). The third-order valence-electron chi connectivity index (χ3n) is 2.22. The van der Waals surface area contributed by atoms with Crippen LogP contribution in [0, 0.1) is 0 Å². The second-order valence-corrected chi connectivity index (χ2v) is 4.43. The lowest BCUT2D eigenvalue weighted by molar-refractivity contribution is -0.136. The van der Waals surface area contributed by atoms with Gasteiger partial charge in [-0.2, -0.15) is 13.2 Å². The molecule has 0 atom stereocenters. The summed E-state index contributed by atoms with van der Waals surface area (Å²) in [4.78, 5) is 0. The largest absolute Gasteiger partial charge is 0.493 e. The highest BCUT2D eigenvalue weighted by molar-refractivity contribution is 5.55. The SMILES string of the molecule is CC(C)Oc1cc(OCCCC(F)(F)F)ccc1N. The first kappa shape index (κ1) is 15.5. The van der Waals surface area contributed by atoms with Gasteiger partial charge >= 0.3 is 6.18 Å². The van der Waals surface area contributed by atoms with Crippen LogP contribution in [0.1, 0.15) is 26.7 Å². The summed E-state index contributed by atoms with van der Waals surface area (Å²) >= 11 is 0. The highest BCUT2D eigenvalue weighted by Gasteiger charge is 2.26. The topological polar surface area (TPSA) is 44.5 Å². The third kappa shape index (κ3) is 6.22. The van der Waals surface area contributed by atoms with Crippen LogP contribution in [0.5, 0.6) is 11.5 Å². The zero-order valence-electron chi connectivity index (χ0n) is 11.0. The Hall–Kier alpha value is -1.59. The Morgan fingerprint density at radius 1 is 1.26 bits per heavy atom. The van der Waals surface area contributed by atoms with E-state index in [0.717, 1.165) is 0 Å². The number of alkyl halides is 3. The molecule has 2 N–H and O–H groups in total. The van der Waals surface area contributed by atoms with Crippen molar-refractivity contribution in [3.05, 3.63) is 18.2 Å². The Bertz CT molecular complexity index is 405. The summed E-state index contributed by atoms with van der Waals surface area (Å²) in [6, 6.07) is 4.80. The molecule has 0 aliphatic rings. The van der Waals surface area contributed by atoms with E-state index in [4.69, 9.17) is 15.2 Å². The lowest BCUT2D eigenvalue weighted by atomic mass is 10.2. The average molecular weight is 277 g/mol. The Morgan fingerprint density at radius 2 is 1.95 bits per heavy atom. The van der Waals surface area contributed by atoms with Crippen molar-refractivity contribution in [2.24, 2.45) is 0 Å². The van der Waals surface area contributed by atoms with Crippen LogP contribution in [-0.4, -0.2) is 18.9 Å². The molecule has 6 heteroatoms. The molecule has 0 spiro atoms. The molecule has 0 fully saturated rings. The maximum absolute atomic E-state index is 11.9. The van der Waals surface area contributed by atoms with Crippen LogP contribution in [0.15, 0.2) is 18.2 Å². The summed E-state index contributed by atoms with van der Waals surface area (Å²) < 4.78 is 46.6. The van der Waals surface area contributed by atoms with Crippen LogP contribution in [0.25, 0.3) is 0 Å². The molecule has 0 aromatic heterocycles. The molecule has 1 aromatic rings. The van der Waals surface area contributed by atoms with Gasteiger partial charge in [0.2, 0.25) is 0 Å². The second kappa shape index (κ2) is 6.54. The number of ether oxygens (including phenoxy) is 2. The van der Waals surface area contributed by atoms with Crippen LogP contribution in [0.4, 0.5) is 18.9 Å². The van der Waals surface area contributed by atoms with Crippen LogP contribution < -0.4 is 15.2 Å². The van der Waals surface area contributed by atoms with Crippen molar-refractivity contribution in [1.29, 1.82) is 0 Å². The number of nitrogens with two attached hydrogens (primary N) is 1. The number of hydrogen-bond donors (Lipinski definition) is 1. The molecule has 0 radical (unpaired) electrons. The number of halogens is 3. The number of hydrogen-bond acceptors (Lipinski definition) is 3. The van der Waals surface area contributed by atoms with Crippen LogP contribution >= 0.6 is 0 Å². The van der Waals surface area contributed by atoms with E-state index >= 15 is 0 Å². The molecule has 3 nitrogen and oxygen atoms in total. The van der Waals surface area contributed by atoms with Gasteiger partial charge < -0.3 is 15.2 Å². The van der Waals surface area contributed by atoms with Crippen molar-refractivity contribution in [2.45, 2.75) is 39.0 Å². The quantitative estimate of drug-likeness (QED) is 0.635. The van der Waals surface area contributed by atoms with Gasteiger partial charge in [0, 0.05) is 12.5 Å². The summed E-state index contributed by atoms with van der Waals surface area (Å²) in [6.45, 7) is 3.72. The molecule has 0 unspecified atom stereocenters. The van der Waals surface area contributed by atoms with E-state index in [-0.39, 0.29) is 19.1 Å². The lowest BCUT2D eigenvalue weighted by Gasteiger charge is -2.14. The van der Waals surface area contributed by atoms with Gasteiger partial charge in [0.05, 0.1) is 18.4 Å². The monoisotopic (exact) mass is 277 g/mol.